The number of aromatic nitrogens is 5. The summed E-state index contributed by atoms with van der Waals surface area (Å²) in [6, 6.07) is 13.1. The van der Waals surface area contributed by atoms with E-state index in [1.165, 1.54) is 12.8 Å². The maximum Gasteiger partial charge on any atom is 0.229 e. The Bertz CT molecular complexity index is 1790. The highest BCUT2D eigenvalue weighted by atomic mass is 79.9. The van der Waals surface area contributed by atoms with Gasteiger partial charge in [0.05, 0.1) is 28.3 Å². The smallest absolute Gasteiger partial charge is 0.229 e. The van der Waals surface area contributed by atoms with Crippen molar-refractivity contribution < 1.29 is 14.2 Å². The molecule has 0 radical (unpaired) electrons. The second-order valence-corrected chi connectivity index (χ2v) is 13.7. The first-order valence-electron chi connectivity index (χ1n) is 14.6. The molecule has 2 N–H and O–H groups in total. The number of nitrogens with one attached hydrogen (secondary N) is 2. The molecule has 1 saturated heterocycles. The van der Waals surface area contributed by atoms with E-state index in [0.29, 0.717) is 47.2 Å². The van der Waals surface area contributed by atoms with Crippen LogP contribution in [-0.2, 0) is 0 Å². The largest absolute Gasteiger partial charge is 0.494 e. The molecule has 11 nitrogen and oxygen atoms in total. The first-order chi connectivity index (χ1) is 22.0. The van der Waals surface area contributed by atoms with Crippen molar-refractivity contribution in [2.75, 3.05) is 57.3 Å². The van der Waals surface area contributed by atoms with E-state index >= 15 is 0 Å². The molecule has 0 saturated carbocycles. The maximum absolute atomic E-state index is 6.12. The second kappa shape index (κ2) is 14.3. The van der Waals surface area contributed by atoms with E-state index < -0.39 is 7.92 Å². The Morgan fingerprint density at radius 3 is 2.51 bits per heavy atom. The number of pyridine rings is 1. The van der Waals surface area contributed by atoms with Crippen LogP contribution in [0.2, 0.25) is 0 Å². The molecule has 1 aliphatic heterocycles. The molecular weight excluding hydrogens is 655 g/mol. The van der Waals surface area contributed by atoms with E-state index in [1.54, 1.807) is 44.0 Å². The molecule has 1 fully saturated rings. The number of methoxy groups -OCH3 is 1. The SMILES string of the molecule is COc1cc(Oc2ccnc(OCCN3CCCC3)c2)ccc1Nc1ncc(Br)c(Nc2ccc3nccnc3c2P(C)C)n1. The summed E-state index contributed by atoms with van der Waals surface area (Å²) in [5.74, 6) is 3.35. The predicted molar refractivity (Wildman–Crippen MR) is 183 cm³/mol. The Hall–Kier alpha value is -4.12. The predicted octanol–water partition coefficient (Wildman–Crippen LogP) is 6.71. The highest BCUT2D eigenvalue weighted by molar-refractivity contribution is 9.10. The number of halogens is 1. The number of hydrogen-bond acceptors (Lipinski definition) is 11. The Kier molecular flexibility index (Phi) is 9.83. The zero-order valence-corrected chi connectivity index (χ0v) is 27.8. The molecule has 1 aliphatic rings. The van der Waals surface area contributed by atoms with Crippen LogP contribution < -0.4 is 30.1 Å². The van der Waals surface area contributed by atoms with Crippen molar-refractivity contribution in [3.05, 3.63) is 71.7 Å². The number of rotatable bonds is 12. The molecule has 3 aromatic heterocycles. The minimum atomic E-state index is -0.485. The van der Waals surface area contributed by atoms with Gasteiger partial charge in [0, 0.05) is 54.5 Å². The molecule has 0 atom stereocenters. The third-order valence-corrected chi connectivity index (χ3v) is 9.20. The van der Waals surface area contributed by atoms with E-state index in [9.17, 15) is 0 Å². The lowest BCUT2D eigenvalue weighted by Gasteiger charge is -2.17. The average Bonchev–Trinajstić information content (AvgIpc) is 3.57. The number of benzene rings is 2. The molecule has 13 heteroatoms. The molecule has 0 bridgehead atoms. The van der Waals surface area contributed by atoms with Crippen LogP contribution in [0, 0.1) is 0 Å². The van der Waals surface area contributed by atoms with E-state index in [4.69, 9.17) is 19.2 Å². The zero-order chi connectivity index (χ0) is 31.2. The van der Waals surface area contributed by atoms with Gasteiger partial charge in [-0.3, -0.25) is 14.9 Å². The van der Waals surface area contributed by atoms with Crippen molar-refractivity contribution in [1.29, 1.82) is 0 Å². The van der Waals surface area contributed by atoms with Gasteiger partial charge in [-0.1, -0.05) is 7.92 Å². The molecule has 4 heterocycles. The van der Waals surface area contributed by atoms with Crippen LogP contribution in [0.3, 0.4) is 0 Å². The van der Waals surface area contributed by atoms with Crippen molar-refractivity contribution in [2.45, 2.75) is 12.8 Å². The van der Waals surface area contributed by atoms with Gasteiger partial charge in [-0.2, -0.15) is 4.98 Å². The van der Waals surface area contributed by atoms with Gasteiger partial charge in [-0.25, -0.2) is 9.97 Å². The van der Waals surface area contributed by atoms with E-state index in [1.807, 2.05) is 30.3 Å². The molecule has 0 amide bonds. The molecule has 6 rings (SSSR count). The van der Waals surface area contributed by atoms with Gasteiger partial charge in [-0.15, -0.1) is 0 Å². The molecule has 0 unspecified atom stereocenters. The number of hydrogen-bond donors (Lipinski definition) is 2. The number of fused-ring (bicyclic) bond motifs is 1. The van der Waals surface area contributed by atoms with Crippen molar-refractivity contribution in [3.8, 4) is 23.1 Å². The van der Waals surface area contributed by atoms with Gasteiger partial charge in [0.15, 0.2) is 0 Å². The topological polar surface area (TPSA) is 119 Å². The minimum absolute atomic E-state index is 0.398. The van der Waals surface area contributed by atoms with Crippen LogP contribution in [0.5, 0.6) is 23.1 Å². The monoisotopic (exact) mass is 688 g/mol. The van der Waals surface area contributed by atoms with E-state index in [-0.39, 0.29) is 0 Å². The quantitative estimate of drug-likeness (QED) is 0.136. The fourth-order valence-electron chi connectivity index (χ4n) is 5.13. The van der Waals surface area contributed by atoms with Gasteiger partial charge in [0.1, 0.15) is 29.7 Å². The molecule has 45 heavy (non-hydrogen) atoms. The lowest BCUT2D eigenvalue weighted by atomic mass is 10.2. The summed E-state index contributed by atoms with van der Waals surface area (Å²) < 4.78 is 18.4. The zero-order valence-electron chi connectivity index (χ0n) is 25.3. The average molecular weight is 690 g/mol. The normalized spacial score (nSPS) is 13.3. The summed E-state index contributed by atoms with van der Waals surface area (Å²) in [7, 11) is 1.12. The number of likely N-dealkylation sites (tertiary alicyclic amines) is 1. The van der Waals surface area contributed by atoms with Crippen molar-refractivity contribution in [3.63, 3.8) is 0 Å². The summed E-state index contributed by atoms with van der Waals surface area (Å²) in [5.41, 5.74) is 3.37. The first-order valence-corrected chi connectivity index (χ1v) is 17.6. The fraction of sp³-hybridized carbons (Fsp3) is 0.281. The van der Waals surface area contributed by atoms with E-state index in [0.717, 1.165) is 46.1 Å². The number of anilines is 4. The third kappa shape index (κ3) is 7.58. The maximum atomic E-state index is 6.12. The summed E-state index contributed by atoms with van der Waals surface area (Å²) in [4.78, 5) is 25.0. The number of nitrogens with zero attached hydrogens (tertiary/aromatic N) is 6. The lowest BCUT2D eigenvalue weighted by Crippen LogP contribution is -2.25. The van der Waals surface area contributed by atoms with Crippen LogP contribution in [0.15, 0.2) is 71.7 Å². The molecular formula is C32H34BrN8O3P. The molecule has 5 aromatic rings. The minimum Gasteiger partial charge on any atom is -0.494 e. The molecule has 0 spiro atoms. The van der Waals surface area contributed by atoms with Gasteiger partial charge in [0.2, 0.25) is 11.8 Å². The Morgan fingerprint density at radius 1 is 0.889 bits per heavy atom. The summed E-state index contributed by atoms with van der Waals surface area (Å²) in [6.07, 6.45) is 9.34. The second-order valence-electron chi connectivity index (χ2n) is 10.6. The Balaban J connectivity index is 1.15. The molecule has 0 aliphatic carbocycles. The highest BCUT2D eigenvalue weighted by Gasteiger charge is 2.16. The van der Waals surface area contributed by atoms with Crippen LogP contribution in [0.1, 0.15) is 12.8 Å². The van der Waals surface area contributed by atoms with Crippen molar-refractivity contribution >= 4 is 63.3 Å². The molecule has 232 valence electrons. The Morgan fingerprint density at radius 2 is 1.69 bits per heavy atom. The van der Waals surface area contributed by atoms with Gasteiger partial charge >= 0.3 is 0 Å². The lowest BCUT2D eigenvalue weighted by molar-refractivity contribution is 0.231. The molecule has 2 aromatic carbocycles. The van der Waals surface area contributed by atoms with E-state index in [2.05, 4.69) is 64.7 Å². The van der Waals surface area contributed by atoms with Gasteiger partial charge in [0.25, 0.3) is 0 Å². The summed E-state index contributed by atoms with van der Waals surface area (Å²) in [5, 5.41) is 7.88. The van der Waals surface area contributed by atoms with Crippen molar-refractivity contribution in [1.82, 2.24) is 29.8 Å². The van der Waals surface area contributed by atoms with Gasteiger partial charge in [-0.05, 0) is 85.5 Å². The summed E-state index contributed by atoms with van der Waals surface area (Å²) in [6.45, 7) is 8.17. The van der Waals surface area contributed by atoms with Crippen LogP contribution in [0.4, 0.5) is 23.1 Å². The summed E-state index contributed by atoms with van der Waals surface area (Å²) >= 11 is 3.59. The number of ether oxygens (including phenoxy) is 3. The fourth-order valence-corrected chi connectivity index (χ4v) is 6.63. The van der Waals surface area contributed by atoms with Crippen LogP contribution >= 0.6 is 23.9 Å². The van der Waals surface area contributed by atoms with Gasteiger partial charge < -0.3 is 24.8 Å². The standard InChI is InChI=1S/C32H34BrN8O3P/c1-42-27-18-21(44-22-10-11-35-28(19-22)43-17-16-41-14-4-5-15-41)6-7-24(27)39-32-37-20-23(33)31(40-32)38-26-9-8-25-29(30(26)45(2)3)36-13-12-34-25/h6-13,18-20H,4-5,14-17H2,1-3H3,(H2,37,38,39,40). The van der Waals surface area contributed by atoms with Crippen molar-refractivity contribution in [2.24, 2.45) is 0 Å². The first kappa shape index (κ1) is 30.9. The third-order valence-electron chi connectivity index (χ3n) is 7.28. The van der Waals surface area contributed by atoms with Crippen LogP contribution in [-0.4, -0.2) is 76.5 Å². The highest BCUT2D eigenvalue weighted by Crippen LogP contribution is 2.36. The van der Waals surface area contributed by atoms with Crippen LogP contribution in [0.25, 0.3) is 11.0 Å². The Labute approximate surface area is 271 Å².